The van der Waals surface area contributed by atoms with Crippen LogP contribution in [0.25, 0.3) is 55.6 Å². The lowest BCUT2D eigenvalue weighted by Gasteiger charge is -2.26. The molecular formula is C81H65Br2N3. The second kappa shape index (κ2) is 29.6. The minimum absolute atomic E-state index is 0.781. The fraction of sp³-hybridized carbons (Fsp3) is 0.0370. The van der Waals surface area contributed by atoms with Crippen LogP contribution in [-0.2, 0) is 19.6 Å². The molecule has 0 aliphatic heterocycles. The van der Waals surface area contributed by atoms with E-state index in [-0.39, 0.29) is 0 Å². The van der Waals surface area contributed by atoms with Crippen molar-refractivity contribution < 1.29 is 0 Å². The first kappa shape index (κ1) is 58.0. The number of hydrogen-bond donors (Lipinski definition) is 1. The lowest BCUT2D eigenvalue weighted by atomic mass is 10.0. The second-order valence-electron chi connectivity index (χ2n) is 20.9. The largest absolute Gasteiger partial charge is 0.381 e. The molecule has 0 aromatic heterocycles. The van der Waals surface area contributed by atoms with Crippen molar-refractivity contribution in [3.05, 3.63) is 377 Å². The van der Waals surface area contributed by atoms with E-state index < -0.39 is 0 Å². The Bertz CT molecular complexity index is 3870. The molecule has 1 N–H and O–H groups in total. The summed E-state index contributed by atoms with van der Waals surface area (Å²) in [4.78, 5) is 4.78. The van der Waals surface area contributed by atoms with Gasteiger partial charge < -0.3 is 15.1 Å². The normalized spacial score (nSPS) is 10.6. The maximum absolute atomic E-state index is 3.44. The third-order valence-electron chi connectivity index (χ3n) is 15.0. The van der Waals surface area contributed by atoms with E-state index in [1.165, 1.54) is 72.3 Å². The molecular weight excluding hydrogens is 1170 g/mol. The van der Waals surface area contributed by atoms with Gasteiger partial charge in [0.05, 0.1) is 0 Å². The van der Waals surface area contributed by atoms with E-state index in [1.54, 1.807) is 0 Å². The Morgan fingerprint density at radius 3 is 0.686 bits per heavy atom. The summed E-state index contributed by atoms with van der Waals surface area (Å²) in [5.41, 5.74) is 21.9. The van der Waals surface area contributed by atoms with E-state index in [9.17, 15) is 0 Å². The van der Waals surface area contributed by atoms with Crippen LogP contribution in [0.1, 0.15) is 16.7 Å². The van der Waals surface area contributed by atoms with E-state index in [4.69, 9.17) is 0 Å². The standard InChI is InChI=1S/C50H40N2.C19H17N.C12H8Br2/c1-5-13-39(14-6-1)37-51(47-29-21-43(22-30-47)41-17-9-3-10-18-41)49-33-25-45(26-34-49)46-27-35-50(36-28-46)52(38-40-15-7-2-8-16-40)48-31-23-44(24-32-48)42-19-11-4-12-20-42;1-3-7-16(8-4-1)15-20-19-13-11-18(12-14-19)17-9-5-2-6-10-17;13-11-5-1-9(2-6-11)10-3-7-12(14)8-4-10/h1-36H,37-38H2;1-14,20H,15H2;1-8H. The van der Waals surface area contributed by atoms with Crippen LogP contribution in [0.2, 0.25) is 0 Å². The van der Waals surface area contributed by atoms with E-state index in [2.05, 4.69) is 387 Å². The molecule has 0 radical (unpaired) electrons. The van der Waals surface area contributed by atoms with Gasteiger partial charge in [-0.25, -0.2) is 0 Å². The van der Waals surface area contributed by atoms with Crippen LogP contribution in [0, 0.1) is 0 Å². The molecule has 0 bridgehead atoms. The molecule has 0 aliphatic rings. The first-order valence-electron chi connectivity index (χ1n) is 29.0. The number of nitrogens with zero attached hydrogens (tertiary/aromatic N) is 2. The van der Waals surface area contributed by atoms with Crippen molar-refractivity contribution in [2.45, 2.75) is 19.6 Å². The van der Waals surface area contributed by atoms with E-state index in [1.807, 2.05) is 12.1 Å². The highest BCUT2D eigenvalue weighted by Gasteiger charge is 2.15. The zero-order valence-electron chi connectivity index (χ0n) is 47.8. The lowest BCUT2D eigenvalue weighted by Crippen LogP contribution is -2.16. The Morgan fingerprint density at radius 2 is 0.419 bits per heavy atom. The third-order valence-corrected chi connectivity index (χ3v) is 16.0. The summed E-state index contributed by atoms with van der Waals surface area (Å²) in [6, 6.07) is 124. The predicted molar refractivity (Wildman–Crippen MR) is 373 cm³/mol. The molecule has 0 heterocycles. The Morgan fingerprint density at radius 1 is 0.209 bits per heavy atom. The van der Waals surface area contributed by atoms with Crippen molar-refractivity contribution in [1.29, 1.82) is 0 Å². The quantitative estimate of drug-likeness (QED) is 0.104. The smallest absolute Gasteiger partial charge is 0.0481 e. The zero-order chi connectivity index (χ0) is 58.5. The van der Waals surface area contributed by atoms with Crippen molar-refractivity contribution in [1.82, 2.24) is 0 Å². The molecule has 0 saturated heterocycles. The first-order chi connectivity index (χ1) is 42.4. The fourth-order valence-corrected chi connectivity index (χ4v) is 10.8. The number of nitrogens with one attached hydrogen (secondary N) is 1. The maximum atomic E-state index is 3.44. The highest BCUT2D eigenvalue weighted by Crippen LogP contribution is 2.35. The van der Waals surface area contributed by atoms with Crippen molar-refractivity contribution in [2.75, 3.05) is 15.1 Å². The van der Waals surface area contributed by atoms with Crippen molar-refractivity contribution in [2.24, 2.45) is 0 Å². The third kappa shape index (κ3) is 16.1. The molecule has 13 aromatic rings. The average molecular weight is 1240 g/mol. The average Bonchev–Trinajstić information content (AvgIpc) is 3.09. The topological polar surface area (TPSA) is 18.5 Å². The van der Waals surface area contributed by atoms with Gasteiger partial charge in [-0.05, 0) is 157 Å². The van der Waals surface area contributed by atoms with E-state index >= 15 is 0 Å². The molecule has 418 valence electrons. The summed E-state index contributed by atoms with van der Waals surface area (Å²) in [6.07, 6.45) is 0. The highest BCUT2D eigenvalue weighted by atomic mass is 79.9. The highest BCUT2D eigenvalue weighted by molar-refractivity contribution is 9.10. The molecule has 3 nitrogen and oxygen atoms in total. The number of benzene rings is 13. The van der Waals surface area contributed by atoms with Gasteiger partial charge in [0.25, 0.3) is 0 Å². The summed E-state index contributed by atoms with van der Waals surface area (Å²) >= 11 is 6.84. The van der Waals surface area contributed by atoms with Gasteiger partial charge in [0.2, 0.25) is 0 Å². The number of rotatable bonds is 16. The monoisotopic (exact) mass is 1240 g/mol. The van der Waals surface area contributed by atoms with Gasteiger partial charge in [0.1, 0.15) is 0 Å². The summed E-state index contributed by atoms with van der Waals surface area (Å²) in [5, 5.41) is 3.44. The second-order valence-corrected chi connectivity index (χ2v) is 22.7. The van der Waals surface area contributed by atoms with Gasteiger partial charge in [0, 0.05) is 57.0 Å². The maximum Gasteiger partial charge on any atom is 0.0481 e. The first-order valence-corrected chi connectivity index (χ1v) is 30.6. The minimum Gasteiger partial charge on any atom is -0.381 e. The van der Waals surface area contributed by atoms with E-state index in [0.29, 0.717) is 0 Å². The molecule has 0 saturated carbocycles. The Kier molecular flexibility index (Phi) is 20.0. The summed E-state index contributed by atoms with van der Waals surface area (Å²) in [6.45, 7) is 2.41. The van der Waals surface area contributed by atoms with Crippen LogP contribution >= 0.6 is 31.9 Å². The van der Waals surface area contributed by atoms with Crippen molar-refractivity contribution in [3.63, 3.8) is 0 Å². The number of anilines is 5. The van der Waals surface area contributed by atoms with Gasteiger partial charge in [-0.1, -0.05) is 299 Å². The van der Waals surface area contributed by atoms with Crippen LogP contribution in [0.3, 0.4) is 0 Å². The van der Waals surface area contributed by atoms with Gasteiger partial charge in [-0.3, -0.25) is 0 Å². The zero-order valence-corrected chi connectivity index (χ0v) is 50.9. The molecule has 0 fully saturated rings. The molecule has 86 heavy (non-hydrogen) atoms. The summed E-state index contributed by atoms with van der Waals surface area (Å²) in [7, 11) is 0. The van der Waals surface area contributed by atoms with Crippen LogP contribution < -0.4 is 15.1 Å². The number of hydrogen-bond acceptors (Lipinski definition) is 3. The predicted octanol–water partition coefficient (Wildman–Crippen LogP) is 23.2. The Labute approximate surface area is 524 Å². The SMILES string of the molecule is Brc1ccc(-c2ccc(Br)cc2)cc1.c1ccc(CN(c2ccc(-c3ccccc3)cc2)c2ccc(-c3ccc(N(Cc4ccccc4)c4ccc(-c5ccccc5)cc4)cc3)cc2)cc1.c1ccc(CNc2ccc(-c3ccccc3)cc2)cc1. The summed E-state index contributed by atoms with van der Waals surface area (Å²) in [5.74, 6) is 0. The van der Waals surface area contributed by atoms with Crippen LogP contribution in [0.4, 0.5) is 28.4 Å². The molecule has 13 rings (SSSR count). The molecule has 0 amide bonds. The lowest BCUT2D eigenvalue weighted by molar-refractivity contribution is 0.975. The van der Waals surface area contributed by atoms with Crippen LogP contribution in [0.5, 0.6) is 0 Å². The fourth-order valence-electron chi connectivity index (χ4n) is 10.3. The van der Waals surface area contributed by atoms with Crippen LogP contribution in [0.15, 0.2) is 361 Å². The molecule has 0 aliphatic carbocycles. The molecule has 0 atom stereocenters. The minimum atomic E-state index is 0.781. The molecule has 5 heteroatoms. The molecule has 0 spiro atoms. The van der Waals surface area contributed by atoms with Gasteiger partial charge in [-0.2, -0.15) is 0 Å². The Balaban J connectivity index is 0.000000182. The van der Waals surface area contributed by atoms with Gasteiger partial charge in [0.15, 0.2) is 0 Å². The van der Waals surface area contributed by atoms with E-state index in [0.717, 1.165) is 57.0 Å². The van der Waals surface area contributed by atoms with Gasteiger partial charge >= 0.3 is 0 Å². The number of halogens is 2. The molecule has 13 aromatic carbocycles. The van der Waals surface area contributed by atoms with Crippen molar-refractivity contribution in [3.8, 4) is 55.6 Å². The van der Waals surface area contributed by atoms with Crippen molar-refractivity contribution >= 4 is 60.3 Å². The van der Waals surface area contributed by atoms with Gasteiger partial charge in [-0.15, -0.1) is 0 Å². The van der Waals surface area contributed by atoms with Crippen LogP contribution in [-0.4, -0.2) is 0 Å². The molecule has 0 unspecified atom stereocenters. The Hall–Kier alpha value is -9.78. The summed E-state index contributed by atoms with van der Waals surface area (Å²) < 4.78 is 2.22.